The van der Waals surface area contributed by atoms with Crippen LogP contribution < -0.4 is 16.6 Å². The van der Waals surface area contributed by atoms with Crippen molar-refractivity contribution in [3.63, 3.8) is 0 Å². The monoisotopic (exact) mass is 271 g/mol. The van der Waals surface area contributed by atoms with E-state index in [1.165, 1.54) is 7.05 Å². The lowest BCUT2D eigenvalue weighted by molar-refractivity contribution is -0.143. The molecule has 104 valence electrons. The van der Waals surface area contributed by atoms with Crippen LogP contribution in [-0.4, -0.2) is 43.9 Å². The maximum atomic E-state index is 11.6. The number of carboxylic acids is 1. The van der Waals surface area contributed by atoms with Crippen molar-refractivity contribution < 1.29 is 19.8 Å². The van der Waals surface area contributed by atoms with Gasteiger partial charge in [-0.25, -0.2) is 9.59 Å². The first kappa shape index (κ1) is 14.6. The highest BCUT2D eigenvalue weighted by Gasteiger charge is 2.19. The van der Waals surface area contributed by atoms with E-state index < -0.39 is 42.3 Å². The third-order valence-corrected chi connectivity index (χ3v) is 2.39. The summed E-state index contributed by atoms with van der Waals surface area (Å²) in [6.07, 6.45) is 1.14. The highest BCUT2D eigenvalue weighted by atomic mass is 16.4. The normalized spacial score (nSPS) is 11.9. The molecule has 0 aliphatic heterocycles. The molecule has 0 saturated carbocycles. The molecule has 3 N–H and O–H groups in total. The van der Waals surface area contributed by atoms with E-state index in [0.717, 1.165) is 21.4 Å². The summed E-state index contributed by atoms with van der Waals surface area (Å²) in [5.74, 6) is -2.15. The topological polar surface area (TPSA) is 131 Å². The summed E-state index contributed by atoms with van der Waals surface area (Å²) in [6, 6.07) is -0.328. The molecule has 1 aromatic rings. The molecule has 0 radical (unpaired) electrons. The number of aliphatic hydroxyl groups is 1. The van der Waals surface area contributed by atoms with Crippen LogP contribution in [0.2, 0.25) is 0 Å². The molecule has 0 aliphatic carbocycles. The molecule has 19 heavy (non-hydrogen) atoms. The maximum Gasteiger partial charge on any atom is 0.331 e. The smallest absolute Gasteiger partial charge is 0.331 e. The Kier molecular flexibility index (Phi) is 4.59. The molecule has 1 rings (SSSR count). The molecule has 1 amide bonds. The number of aliphatic hydroxyl groups excluding tert-OH is 1. The Labute approximate surface area is 106 Å². The second-order valence-electron chi connectivity index (χ2n) is 3.76. The molecule has 0 bridgehead atoms. The van der Waals surface area contributed by atoms with Crippen molar-refractivity contribution in [2.75, 3.05) is 6.61 Å². The summed E-state index contributed by atoms with van der Waals surface area (Å²) in [5.41, 5.74) is -1.21. The van der Waals surface area contributed by atoms with Gasteiger partial charge in [-0.15, -0.1) is 0 Å². The highest BCUT2D eigenvalue weighted by molar-refractivity contribution is 5.83. The molecule has 0 fully saturated rings. The van der Waals surface area contributed by atoms with Crippen LogP contribution in [0.1, 0.15) is 0 Å². The van der Waals surface area contributed by atoms with Crippen molar-refractivity contribution in [1.29, 1.82) is 0 Å². The van der Waals surface area contributed by atoms with Crippen LogP contribution >= 0.6 is 0 Å². The van der Waals surface area contributed by atoms with Gasteiger partial charge in [0.1, 0.15) is 12.6 Å². The van der Waals surface area contributed by atoms with Crippen LogP contribution in [-0.2, 0) is 23.2 Å². The number of aliphatic carboxylic acids is 1. The van der Waals surface area contributed by atoms with E-state index in [-0.39, 0.29) is 0 Å². The van der Waals surface area contributed by atoms with E-state index >= 15 is 0 Å². The molecule has 0 aromatic carbocycles. The minimum Gasteiger partial charge on any atom is -0.480 e. The van der Waals surface area contributed by atoms with Gasteiger partial charge in [-0.05, 0) is 0 Å². The molecular weight excluding hydrogens is 258 g/mol. The second kappa shape index (κ2) is 5.96. The lowest BCUT2D eigenvalue weighted by atomic mass is 10.3. The molecule has 9 nitrogen and oxygen atoms in total. The van der Waals surface area contributed by atoms with Crippen molar-refractivity contribution in [3.8, 4) is 0 Å². The second-order valence-corrected chi connectivity index (χ2v) is 3.76. The Morgan fingerprint density at radius 3 is 2.58 bits per heavy atom. The number of aromatic nitrogens is 2. The Morgan fingerprint density at radius 2 is 2.05 bits per heavy atom. The highest BCUT2D eigenvalue weighted by Crippen LogP contribution is 1.85. The van der Waals surface area contributed by atoms with Crippen LogP contribution in [0, 0.1) is 0 Å². The van der Waals surface area contributed by atoms with Crippen molar-refractivity contribution in [2.24, 2.45) is 7.05 Å². The van der Waals surface area contributed by atoms with E-state index in [1.54, 1.807) is 0 Å². The van der Waals surface area contributed by atoms with Gasteiger partial charge in [0.25, 0.3) is 5.56 Å². The Bertz CT molecular complexity index is 602. The number of nitrogens with zero attached hydrogens (tertiary/aromatic N) is 2. The van der Waals surface area contributed by atoms with E-state index in [4.69, 9.17) is 10.2 Å². The van der Waals surface area contributed by atoms with Gasteiger partial charge in [-0.1, -0.05) is 0 Å². The Morgan fingerprint density at radius 1 is 1.42 bits per heavy atom. The average molecular weight is 271 g/mol. The van der Waals surface area contributed by atoms with Gasteiger partial charge in [-0.2, -0.15) is 0 Å². The van der Waals surface area contributed by atoms with Crippen molar-refractivity contribution >= 4 is 11.9 Å². The summed E-state index contributed by atoms with van der Waals surface area (Å²) < 4.78 is 1.76. The van der Waals surface area contributed by atoms with Crippen LogP contribution in [0.5, 0.6) is 0 Å². The number of hydrogen-bond acceptors (Lipinski definition) is 5. The first-order chi connectivity index (χ1) is 8.86. The first-order valence-corrected chi connectivity index (χ1v) is 5.26. The molecule has 1 aromatic heterocycles. The Hall–Kier alpha value is -2.42. The first-order valence-electron chi connectivity index (χ1n) is 5.26. The zero-order valence-electron chi connectivity index (χ0n) is 10.1. The fraction of sp³-hybridized carbons (Fsp3) is 0.400. The summed E-state index contributed by atoms with van der Waals surface area (Å²) in [4.78, 5) is 44.8. The van der Waals surface area contributed by atoms with Crippen molar-refractivity contribution in [2.45, 2.75) is 12.6 Å². The summed E-state index contributed by atoms with van der Waals surface area (Å²) >= 11 is 0. The minimum atomic E-state index is -1.43. The quantitative estimate of drug-likeness (QED) is 0.527. The number of carbonyl (C=O) groups excluding carboxylic acids is 1. The summed E-state index contributed by atoms with van der Waals surface area (Å²) in [6.45, 7) is -1.21. The molecule has 1 heterocycles. The number of rotatable bonds is 5. The zero-order chi connectivity index (χ0) is 14.6. The van der Waals surface area contributed by atoms with E-state index in [9.17, 15) is 19.2 Å². The molecular formula is C10H13N3O6. The SMILES string of the molecule is Cn1c(=O)ccn(CC(=O)N[C@@H](CO)C(=O)O)c1=O. The van der Waals surface area contributed by atoms with Crippen molar-refractivity contribution in [1.82, 2.24) is 14.5 Å². The predicted molar refractivity (Wildman–Crippen MR) is 62.6 cm³/mol. The van der Waals surface area contributed by atoms with Crippen LogP contribution in [0.25, 0.3) is 0 Å². The predicted octanol–water partition coefficient (Wildman–Crippen LogP) is -2.89. The molecule has 1 atom stereocenters. The van der Waals surface area contributed by atoms with Gasteiger partial charge in [0.2, 0.25) is 5.91 Å². The van der Waals surface area contributed by atoms with Gasteiger partial charge in [-0.3, -0.25) is 18.7 Å². The number of carbonyl (C=O) groups is 2. The molecule has 0 saturated heterocycles. The van der Waals surface area contributed by atoms with Crippen LogP contribution in [0.15, 0.2) is 21.9 Å². The van der Waals surface area contributed by atoms with E-state index in [0.29, 0.717) is 0 Å². The van der Waals surface area contributed by atoms with Gasteiger partial charge < -0.3 is 15.5 Å². The average Bonchev–Trinajstić information content (AvgIpc) is 2.36. The summed E-state index contributed by atoms with van der Waals surface area (Å²) in [7, 11) is 1.26. The number of amides is 1. The van der Waals surface area contributed by atoms with E-state index in [1.807, 2.05) is 5.32 Å². The Balaban J connectivity index is 2.84. The third-order valence-electron chi connectivity index (χ3n) is 2.39. The third kappa shape index (κ3) is 3.52. The largest absolute Gasteiger partial charge is 0.480 e. The van der Waals surface area contributed by atoms with Gasteiger partial charge >= 0.3 is 11.7 Å². The zero-order valence-corrected chi connectivity index (χ0v) is 10.1. The standard InChI is InChI=1S/C10H13N3O6/c1-12-8(16)2-3-13(10(12)19)4-7(15)11-6(5-14)9(17)18/h2-3,6,14H,4-5H2,1H3,(H,11,15)(H,17,18)/t6-/m0/s1. The molecule has 9 heteroatoms. The van der Waals surface area contributed by atoms with Gasteiger partial charge in [0.15, 0.2) is 0 Å². The van der Waals surface area contributed by atoms with Gasteiger partial charge in [0, 0.05) is 19.3 Å². The summed E-state index contributed by atoms with van der Waals surface area (Å²) in [5, 5.41) is 19.4. The number of carboxylic acid groups (broad SMARTS) is 1. The minimum absolute atomic E-state index is 0.448. The van der Waals surface area contributed by atoms with E-state index in [2.05, 4.69) is 0 Å². The molecule has 0 aliphatic rings. The van der Waals surface area contributed by atoms with Crippen LogP contribution in [0.3, 0.4) is 0 Å². The fourth-order valence-corrected chi connectivity index (χ4v) is 1.32. The fourth-order valence-electron chi connectivity index (χ4n) is 1.32. The van der Waals surface area contributed by atoms with Crippen LogP contribution in [0.4, 0.5) is 0 Å². The molecule has 0 spiro atoms. The van der Waals surface area contributed by atoms with Crippen molar-refractivity contribution in [3.05, 3.63) is 33.1 Å². The lowest BCUT2D eigenvalue weighted by Crippen LogP contribution is -2.46. The van der Waals surface area contributed by atoms with Gasteiger partial charge in [0.05, 0.1) is 6.61 Å². The lowest BCUT2D eigenvalue weighted by Gasteiger charge is -2.12. The number of hydrogen-bond donors (Lipinski definition) is 3. The maximum absolute atomic E-state index is 11.6. The molecule has 0 unspecified atom stereocenters. The number of nitrogens with one attached hydrogen (secondary N) is 1.